The number of carbonyl (C=O) groups excluding carboxylic acids is 2. The Morgan fingerprint density at radius 1 is 0.972 bits per heavy atom. The molecule has 0 aliphatic heterocycles. The highest BCUT2D eigenvalue weighted by Crippen LogP contribution is 2.31. The van der Waals surface area contributed by atoms with Gasteiger partial charge in [-0.1, -0.05) is 50.2 Å². The molecular weight excluding hydrogens is 458 g/mol. The second-order valence-electron chi connectivity index (χ2n) is 10.2. The number of esters is 1. The van der Waals surface area contributed by atoms with Crippen LogP contribution in [0, 0.1) is 11.8 Å². The van der Waals surface area contributed by atoms with Crippen molar-refractivity contribution in [3.05, 3.63) is 59.7 Å². The Morgan fingerprint density at radius 2 is 1.67 bits per heavy atom. The van der Waals surface area contributed by atoms with Crippen molar-refractivity contribution in [3.63, 3.8) is 0 Å². The lowest BCUT2D eigenvalue weighted by Crippen LogP contribution is -2.45. The first-order valence-electron chi connectivity index (χ1n) is 12.5. The average molecular weight is 500 g/mol. The van der Waals surface area contributed by atoms with Crippen molar-refractivity contribution < 1.29 is 28.5 Å². The molecule has 0 bridgehead atoms. The van der Waals surface area contributed by atoms with E-state index in [0.29, 0.717) is 30.9 Å². The summed E-state index contributed by atoms with van der Waals surface area (Å²) in [6, 6.07) is 15.0. The predicted octanol–water partition coefficient (Wildman–Crippen LogP) is 5.94. The molecule has 0 fully saturated rings. The number of carbonyl (C=O) groups is 2. The minimum Gasteiger partial charge on any atom is -0.493 e. The molecule has 2 aromatic carbocycles. The zero-order valence-electron chi connectivity index (χ0n) is 22.6. The molecule has 0 aromatic heterocycles. The van der Waals surface area contributed by atoms with Crippen LogP contribution in [0.3, 0.4) is 0 Å². The fourth-order valence-electron chi connectivity index (χ4n) is 3.80. The molecule has 0 saturated heterocycles. The Hall–Kier alpha value is -3.22. The van der Waals surface area contributed by atoms with Gasteiger partial charge in [0.05, 0.1) is 13.7 Å². The molecule has 7 heteroatoms. The second-order valence-corrected chi connectivity index (χ2v) is 10.2. The Kier molecular flexibility index (Phi) is 11.1. The molecule has 2 rings (SSSR count). The molecule has 1 amide bonds. The molecule has 2 atom stereocenters. The van der Waals surface area contributed by atoms with Crippen LogP contribution in [0.2, 0.25) is 0 Å². The summed E-state index contributed by atoms with van der Waals surface area (Å²) in [7, 11) is 1.62. The summed E-state index contributed by atoms with van der Waals surface area (Å²) >= 11 is 0. The molecule has 0 aliphatic rings. The van der Waals surface area contributed by atoms with E-state index in [1.54, 1.807) is 34.8 Å². The molecule has 0 saturated carbocycles. The number of nitrogens with one attached hydrogen (secondary N) is 1. The van der Waals surface area contributed by atoms with Crippen LogP contribution in [0.4, 0.5) is 4.79 Å². The summed E-state index contributed by atoms with van der Waals surface area (Å²) in [6.07, 6.45) is 0.473. The molecule has 1 N–H and O–H groups in total. The van der Waals surface area contributed by atoms with Gasteiger partial charge in [-0.15, -0.1) is 0 Å². The monoisotopic (exact) mass is 499 g/mol. The first-order valence-corrected chi connectivity index (χ1v) is 12.5. The van der Waals surface area contributed by atoms with Gasteiger partial charge in [-0.05, 0) is 75.6 Å². The molecule has 2 aromatic rings. The minimum absolute atomic E-state index is 0.0877. The predicted molar refractivity (Wildman–Crippen MR) is 140 cm³/mol. The van der Waals surface area contributed by atoms with E-state index in [-0.39, 0.29) is 18.4 Å². The van der Waals surface area contributed by atoms with Gasteiger partial charge < -0.3 is 24.3 Å². The van der Waals surface area contributed by atoms with E-state index in [1.165, 1.54) is 0 Å². The van der Waals surface area contributed by atoms with Crippen molar-refractivity contribution in [2.24, 2.45) is 11.8 Å². The number of hydrogen-bond acceptors (Lipinski definition) is 6. The van der Waals surface area contributed by atoms with Gasteiger partial charge in [-0.3, -0.25) is 0 Å². The third kappa shape index (κ3) is 9.80. The average Bonchev–Trinajstić information content (AvgIpc) is 2.81. The summed E-state index contributed by atoms with van der Waals surface area (Å²) in [5, 5.41) is 2.72. The second kappa shape index (κ2) is 13.8. The van der Waals surface area contributed by atoms with E-state index in [4.69, 9.17) is 18.9 Å². The molecule has 198 valence electrons. The largest absolute Gasteiger partial charge is 0.493 e. The fourth-order valence-corrected chi connectivity index (χ4v) is 3.80. The Bertz CT molecular complexity index is 967. The number of amides is 1. The summed E-state index contributed by atoms with van der Waals surface area (Å²) in [4.78, 5) is 25.1. The van der Waals surface area contributed by atoms with Crippen LogP contribution in [0.5, 0.6) is 11.5 Å². The normalized spacial score (nSPS) is 13.0. The molecule has 0 radical (unpaired) electrons. The zero-order valence-corrected chi connectivity index (χ0v) is 22.6. The highest BCUT2D eigenvalue weighted by Gasteiger charge is 2.29. The summed E-state index contributed by atoms with van der Waals surface area (Å²) in [5.41, 5.74) is 1.45. The summed E-state index contributed by atoms with van der Waals surface area (Å²) in [6.45, 7) is 12.0. The molecule has 36 heavy (non-hydrogen) atoms. The molecule has 7 nitrogen and oxygen atoms in total. The first kappa shape index (κ1) is 29.0. The maximum Gasteiger partial charge on any atom is 0.408 e. The van der Waals surface area contributed by atoms with Crippen LogP contribution in [0.15, 0.2) is 48.5 Å². The van der Waals surface area contributed by atoms with Crippen molar-refractivity contribution >= 4 is 12.1 Å². The Morgan fingerprint density at radius 3 is 2.25 bits per heavy atom. The Balaban J connectivity index is 2.18. The third-order valence-electron chi connectivity index (χ3n) is 5.71. The zero-order chi connectivity index (χ0) is 26.7. The summed E-state index contributed by atoms with van der Waals surface area (Å²) < 4.78 is 22.2. The standard InChI is InChI=1S/C29H41NO6/c1-8-34-27(31)24(30-28(32)36-29(4,5)6)18-23(20(2)3)16-22-14-15-25(33-7)26(17-22)35-19-21-12-10-9-11-13-21/h9-15,17,20,23-24H,8,16,18-19H2,1-7H3,(H,30,32). The molecular formula is C29H41NO6. The lowest BCUT2D eigenvalue weighted by molar-refractivity contribution is -0.146. The van der Waals surface area contributed by atoms with Crippen molar-refractivity contribution in [2.45, 2.75) is 72.6 Å². The van der Waals surface area contributed by atoms with Gasteiger partial charge in [0.2, 0.25) is 0 Å². The van der Waals surface area contributed by atoms with Crippen molar-refractivity contribution in [2.75, 3.05) is 13.7 Å². The van der Waals surface area contributed by atoms with E-state index >= 15 is 0 Å². The minimum atomic E-state index is -0.806. The Labute approximate surface area is 215 Å². The first-order chi connectivity index (χ1) is 17.0. The maximum absolute atomic E-state index is 12.7. The maximum atomic E-state index is 12.7. The smallest absolute Gasteiger partial charge is 0.408 e. The van der Waals surface area contributed by atoms with Crippen molar-refractivity contribution in [1.29, 1.82) is 0 Å². The summed E-state index contributed by atoms with van der Waals surface area (Å²) in [5.74, 6) is 1.19. The van der Waals surface area contributed by atoms with Crippen LogP contribution in [-0.4, -0.2) is 37.4 Å². The van der Waals surface area contributed by atoms with Gasteiger partial charge in [0.1, 0.15) is 18.2 Å². The van der Waals surface area contributed by atoms with Crippen molar-refractivity contribution in [1.82, 2.24) is 5.32 Å². The number of benzene rings is 2. The number of hydrogen-bond donors (Lipinski definition) is 1. The topological polar surface area (TPSA) is 83.1 Å². The van der Waals surface area contributed by atoms with E-state index in [1.807, 2.05) is 48.5 Å². The molecule has 0 heterocycles. The van der Waals surface area contributed by atoms with Crippen LogP contribution in [0.1, 0.15) is 59.1 Å². The highest BCUT2D eigenvalue weighted by molar-refractivity contribution is 5.81. The van der Waals surface area contributed by atoms with Gasteiger partial charge in [-0.2, -0.15) is 0 Å². The quantitative estimate of drug-likeness (QED) is 0.364. The molecule has 2 unspecified atom stereocenters. The number of rotatable bonds is 12. The molecule has 0 aliphatic carbocycles. The van der Waals surface area contributed by atoms with Gasteiger partial charge in [0.15, 0.2) is 11.5 Å². The molecule has 0 spiro atoms. The van der Waals surface area contributed by atoms with Gasteiger partial charge in [-0.25, -0.2) is 9.59 Å². The number of ether oxygens (including phenoxy) is 4. The van der Waals surface area contributed by atoms with E-state index in [9.17, 15) is 9.59 Å². The van der Waals surface area contributed by atoms with Gasteiger partial charge in [0.25, 0.3) is 0 Å². The third-order valence-corrected chi connectivity index (χ3v) is 5.71. The van der Waals surface area contributed by atoms with E-state index in [2.05, 4.69) is 19.2 Å². The van der Waals surface area contributed by atoms with Gasteiger partial charge in [0, 0.05) is 0 Å². The van der Waals surface area contributed by atoms with E-state index < -0.39 is 23.7 Å². The lowest BCUT2D eigenvalue weighted by atomic mass is 9.84. The van der Waals surface area contributed by atoms with E-state index in [0.717, 1.165) is 11.1 Å². The van der Waals surface area contributed by atoms with Crippen molar-refractivity contribution in [3.8, 4) is 11.5 Å². The number of alkyl carbamates (subject to hydrolysis) is 1. The van der Waals surface area contributed by atoms with Crippen LogP contribution < -0.4 is 14.8 Å². The highest BCUT2D eigenvalue weighted by atomic mass is 16.6. The number of methoxy groups -OCH3 is 1. The fraction of sp³-hybridized carbons (Fsp3) is 0.517. The van der Waals surface area contributed by atoms with Crippen LogP contribution in [-0.2, 0) is 27.3 Å². The van der Waals surface area contributed by atoms with Gasteiger partial charge >= 0.3 is 12.1 Å². The van der Waals surface area contributed by atoms with Crippen LogP contribution in [0.25, 0.3) is 0 Å². The van der Waals surface area contributed by atoms with Crippen LogP contribution >= 0.6 is 0 Å². The lowest BCUT2D eigenvalue weighted by Gasteiger charge is -2.27. The SMILES string of the molecule is CCOC(=O)C(CC(Cc1ccc(OC)c(OCc2ccccc2)c1)C(C)C)NC(=O)OC(C)(C)C.